The second-order valence-corrected chi connectivity index (χ2v) is 6.34. The smallest absolute Gasteiger partial charge is 0.407 e. The molecule has 0 saturated carbocycles. The fourth-order valence-electron chi connectivity index (χ4n) is 2.35. The number of hydrogen-bond donors (Lipinski definition) is 4. The normalized spacial score (nSPS) is 13.7. The summed E-state index contributed by atoms with van der Waals surface area (Å²) < 4.78 is 9.62. The molecule has 0 unspecified atom stereocenters. The summed E-state index contributed by atoms with van der Waals surface area (Å²) in [5, 5.41) is 14.6. The van der Waals surface area contributed by atoms with Crippen LogP contribution in [0.3, 0.4) is 0 Å². The first-order chi connectivity index (χ1) is 13.3. The van der Waals surface area contributed by atoms with E-state index in [2.05, 4.69) is 15.4 Å². The zero-order chi connectivity index (χ0) is 20.9. The molecule has 0 bridgehead atoms. The van der Waals surface area contributed by atoms with Gasteiger partial charge in [0, 0.05) is 6.54 Å². The van der Waals surface area contributed by atoms with Crippen LogP contribution >= 0.6 is 0 Å². The molecule has 9 heteroatoms. The second-order valence-electron chi connectivity index (χ2n) is 6.34. The van der Waals surface area contributed by atoms with Crippen molar-refractivity contribution in [3.63, 3.8) is 0 Å². The van der Waals surface area contributed by atoms with Gasteiger partial charge in [-0.2, -0.15) is 0 Å². The maximum absolute atomic E-state index is 12.0. The molecule has 0 aliphatic rings. The van der Waals surface area contributed by atoms with E-state index in [1.807, 2.05) is 30.3 Å². The van der Waals surface area contributed by atoms with Crippen molar-refractivity contribution in [2.24, 2.45) is 5.73 Å². The average Bonchev–Trinajstić information content (AvgIpc) is 2.69. The molecule has 2 amide bonds. The number of aliphatic hydroxyl groups is 1. The van der Waals surface area contributed by atoms with Gasteiger partial charge in [-0.25, -0.2) is 9.59 Å². The van der Waals surface area contributed by atoms with E-state index >= 15 is 0 Å². The van der Waals surface area contributed by atoms with E-state index in [1.165, 1.54) is 14.0 Å². The fraction of sp³-hybridized carbons (Fsp3) is 0.526. The Morgan fingerprint density at radius 2 is 1.86 bits per heavy atom. The summed E-state index contributed by atoms with van der Waals surface area (Å²) in [5.41, 5.74) is 6.70. The van der Waals surface area contributed by atoms with Crippen molar-refractivity contribution in [2.45, 2.75) is 51.0 Å². The lowest BCUT2D eigenvalue weighted by molar-refractivity contribution is -0.148. The topological polar surface area (TPSA) is 140 Å². The van der Waals surface area contributed by atoms with Crippen molar-refractivity contribution >= 4 is 18.0 Å². The van der Waals surface area contributed by atoms with Crippen LogP contribution in [0.15, 0.2) is 30.3 Å². The van der Waals surface area contributed by atoms with Crippen LogP contribution in [0.4, 0.5) is 4.79 Å². The van der Waals surface area contributed by atoms with Gasteiger partial charge >= 0.3 is 12.1 Å². The van der Waals surface area contributed by atoms with E-state index in [-0.39, 0.29) is 6.61 Å². The van der Waals surface area contributed by atoms with Gasteiger partial charge in [-0.15, -0.1) is 0 Å². The fourth-order valence-corrected chi connectivity index (χ4v) is 2.35. The Bertz CT molecular complexity index is 623. The highest BCUT2D eigenvalue weighted by Crippen LogP contribution is 2.03. The van der Waals surface area contributed by atoms with Crippen LogP contribution in [0.1, 0.15) is 31.7 Å². The van der Waals surface area contributed by atoms with Crippen molar-refractivity contribution in [3.8, 4) is 0 Å². The number of carbonyl (C=O) groups excluding carboxylic acids is 3. The van der Waals surface area contributed by atoms with E-state index in [0.29, 0.717) is 25.8 Å². The lowest BCUT2D eigenvalue weighted by atomic mass is 10.1. The van der Waals surface area contributed by atoms with Crippen molar-refractivity contribution in [1.29, 1.82) is 0 Å². The molecule has 0 aliphatic heterocycles. The molecular formula is C19H29N3O6. The number of alkyl carbamates (subject to hydrolysis) is 1. The van der Waals surface area contributed by atoms with Gasteiger partial charge in [-0.05, 0) is 31.7 Å². The molecule has 28 heavy (non-hydrogen) atoms. The standard InChI is InChI=1S/C19H29N3O6/c1-13(23)16(18(25)27-2)22-17(24)15(20)10-6-7-11-21-19(26)28-12-14-8-4-3-5-9-14/h3-5,8-9,13,15-16,23H,6-7,10-12,20H2,1-2H3,(H,21,26)(H,22,24)/t13-,15+,16-/m0/s1. The number of rotatable bonds is 11. The van der Waals surface area contributed by atoms with Crippen LogP contribution in [0, 0.1) is 0 Å². The molecule has 0 saturated heterocycles. The van der Waals surface area contributed by atoms with Gasteiger partial charge in [-0.1, -0.05) is 30.3 Å². The molecule has 0 heterocycles. The second kappa shape index (κ2) is 12.7. The minimum atomic E-state index is -1.16. The van der Waals surface area contributed by atoms with E-state index in [4.69, 9.17) is 10.5 Å². The van der Waals surface area contributed by atoms with Crippen LogP contribution in [-0.4, -0.2) is 54.9 Å². The van der Waals surface area contributed by atoms with Gasteiger partial charge < -0.3 is 30.9 Å². The number of unbranched alkanes of at least 4 members (excludes halogenated alkanes) is 1. The summed E-state index contributed by atoms with van der Waals surface area (Å²) >= 11 is 0. The monoisotopic (exact) mass is 395 g/mol. The van der Waals surface area contributed by atoms with Gasteiger partial charge in [-0.3, -0.25) is 4.79 Å². The van der Waals surface area contributed by atoms with Crippen LogP contribution in [0.5, 0.6) is 0 Å². The zero-order valence-electron chi connectivity index (χ0n) is 16.2. The first kappa shape index (κ1) is 23.4. The number of ether oxygens (including phenoxy) is 2. The summed E-state index contributed by atoms with van der Waals surface area (Å²) in [4.78, 5) is 35.2. The number of benzene rings is 1. The van der Waals surface area contributed by atoms with Gasteiger partial charge in [0.05, 0.1) is 19.3 Å². The minimum Gasteiger partial charge on any atom is -0.467 e. The number of nitrogens with two attached hydrogens (primary N) is 1. The Balaban J connectivity index is 2.19. The maximum atomic E-state index is 12.0. The number of methoxy groups -OCH3 is 1. The molecule has 156 valence electrons. The molecule has 0 fully saturated rings. The van der Waals surface area contributed by atoms with Crippen LogP contribution in [-0.2, 0) is 25.7 Å². The molecule has 1 aromatic rings. The number of nitrogens with one attached hydrogen (secondary N) is 2. The highest BCUT2D eigenvalue weighted by molar-refractivity contribution is 5.87. The van der Waals surface area contributed by atoms with E-state index in [1.54, 1.807) is 0 Å². The van der Waals surface area contributed by atoms with Crippen molar-refractivity contribution in [1.82, 2.24) is 10.6 Å². The van der Waals surface area contributed by atoms with Crippen LogP contribution in [0.25, 0.3) is 0 Å². The largest absolute Gasteiger partial charge is 0.467 e. The average molecular weight is 395 g/mol. The molecule has 0 aliphatic carbocycles. The van der Waals surface area contributed by atoms with Gasteiger partial charge in [0.2, 0.25) is 5.91 Å². The molecule has 0 aromatic heterocycles. The van der Waals surface area contributed by atoms with Crippen molar-refractivity contribution < 1.29 is 29.0 Å². The molecule has 5 N–H and O–H groups in total. The summed E-state index contributed by atoms with van der Waals surface area (Å²) in [7, 11) is 1.17. The summed E-state index contributed by atoms with van der Waals surface area (Å²) in [6.07, 6.45) is -0.0534. The lowest BCUT2D eigenvalue weighted by Crippen LogP contribution is -2.53. The molecule has 3 atom stereocenters. The predicted octanol–water partition coefficient (Wildman–Crippen LogP) is 0.449. The number of esters is 1. The minimum absolute atomic E-state index is 0.197. The first-order valence-corrected chi connectivity index (χ1v) is 9.11. The first-order valence-electron chi connectivity index (χ1n) is 9.11. The highest BCUT2D eigenvalue weighted by Gasteiger charge is 2.28. The number of hydrogen-bond acceptors (Lipinski definition) is 7. The van der Waals surface area contributed by atoms with Gasteiger partial charge in [0.25, 0.3) is 0 Å². The summed E-state index contributed by atoms with van der Waals surface area (Å²) in [6.45, 7) is 1.96. The van der Waals surface area contributed by atoms with Gasteiger partial charge in [0.1, 0.15) is 6.61 Å². The molecule has 0 radical (unpaired) electrons. The van der Waals surface area contributed by atoms with Crippen molar-refractivity contribution in [3.05, 3.63) is 35.9 Å². The third kappa shape index (κ3) is 8.83. The number of aliphatic hydroxyl groups excluding tert-OH is 1. The Hall–Kier alpha value is -2.65. The van der Waals surface area contributed by atoms with E-state index in [0.717, 1.165) is 5.56 Å². The Kier molecular flexibility index (Phi) is 10.6. The SMILES string of the molecule is COC(=O)[C@@H](NC(=O)[C@H](N)CCCCNC(=O)OCc1ccccc1)[C@H](C)O. The summed E-state index contributed by atoms with van der Waals surface area (Å²) in [5.74, 6) is -1.29. The Morgan fingerprint density at radius 3 is 2.46 bits per heavy atom. The molecule has 1 aromatic carbocycles. The van der Waals surface area contributed by atoms with Crippen LogP contribution in [0.2, 0.25) is 0 Å². The molecule has 9 nitrogen and oxygen atoms in total. The number of amides is 2. The third-order valence-electron chi connectivity index (χ3n) is 4.00. The van der Waals surface area contributed by atoms with E-state index < -0.39 is 36.2 Å². The third-order valence-corrected chi connectivity index (χ3v) is 4.00. The van der Waals surface area contributed by atoms with E-state index in [9.17, 15) is 19.5 Å². The highest BCUT2D eigenvalue weighted by atomic mass is 16.5. The quantitative estimate of drug-likeness (QED) is 0.315. The van der Waals surface area contributed by atoms with Crippen molar-refractivity contribution in [2.75, 3.05) is 13.7 Å². The molecule has 0 spiro atoms. The predicted molar refractivity (Wildman–Crippen MR) is 102 cm³/mol. The Labute approximate surface area is 164 Å². The molecule has 1 rings (SSSR count). The van der Waals surface area contributed by atoms with Crippen LogP contribution < -0.4 is 16.4 Å². The zero-order valence-corrected chi connectivity index (χ0v) is 16.2. The maximum Gasteiger partial charge on any atom is 0.407 e. The lowest BCUT2D eigenvalue weighted by Gasteiger charge is -2.21. The van der Waals surface area contributed by atoms with Gasteiger partial charge in [0.15, 0.2) is 6.04 Å². The number of carbonyl (C=O) groups is 3. The summed E-state index contributed by atoms with van der Waals surface area (Å²) in [6, 6.07) is 7.34. The molecular weight excluding hydrogens is 366 g/mol. The Morgan fingerprint density at radius 1 is 1.18 bits per heavy atom.